The maximum atomic E-state index is 12.1. The summed E-state index contributed by atoms with van der Waals surface area (Å²) in [5, 5.41) is 5.08. The number of sulfonamides is 1. The third kappa shape index (κ3) is 4.27. The summed E-state index contributed by atoms with van der Waals surface area (Å²) < 4.78 is 27.5. The van der Waals surface area contributed by atoms with Gasteiger partial charge in [0.15, 0.2) is 0 Å². The first-order valence-electron chi connectivity index (χ1n) is 5.65. The summed E-state index contributed by atoms with van der Waals surface area (Å²) >= 11 is 1.14. The number of hydrogen-bond acceptors (Lipinski definition) is 5. The minimum absolute atomic E-state index is 0.0196. The van der Waals surface area contributed by atoms with E-state index in [0.29, 0.717) is 22.9 Å². The Balaban J connectivity index is 2.84. The molecular weight excluding hydrogens is 288 g/mol. The molecule has 1 heterocycles. The smallest absolute Gasteiger partial charge is 0.263 e. The Bertz CT molecular complexity index is 551. The highest BCUT2D eigenvalue weighted by Crippen LogP contribution is 2.25. The van der Waals surface area contributed by atoms with Crippen molar-refractivity contribution in [1.29, 1.82) is 0 Å². The van der Waals surface area contributed by atoms with Crippen LogP contribution in [0.4, 0.5) is 0 Å². The Morgan fingerprint density at radius 3 is 2.63 bits per heavy atom. The van der Waals surface area contributed by atoms with Gasteiger partial charge in [0, 0.05) is 32.2 Å². The zero-order valence-electron chi connectivity index (χ0n) is 11.2. The molecule has 0 aliphatic heterocycles. The van der Waals surface area contributed by atoms with Crippen LogP contribution in [0, 0.1) is 6.92 Å². The maximum Gasteiger partial charge on any atom is 0.263 e. The first-order chi connectivity index (χ1) is 8.77. The molecule has 1 aromatic rings. The lowest BCUT2D eigenvalue weighted by Crippen LogP contribution is -2.27. The number of hydrogen-bond donors (Lipinski definition) is 1. The first-order valence-corrected chi connectivity index (χ1v) is 8.01. The van der Waals surface area contributed by atoms with Crippen molar-refractivity contribution in [2.24, 2.45) is 5.14 Å². The summed E-state index contributed by atoms with van der Waals surface area (Å²) in [5.41, 5.74) is 0. The molecule has 0 spiro atoms. The topological polar surface area (TPSA) is 89.7 Å². The maximum absolute atomic E-state index is 12.1. The molecule has 0 aromatic carbocycles. The fourth-order valence-electron chi connectivity index (χ4n) is 1.59. The number of nitrogens with two attached hydrogens (primary N) is 1. The lowest BCUT2D eigenvalue weighted by atomic mass is 10.3. The Kier molecular flexibility index (Phi) is 5.48. The van der Waals surface area contributed by atoms with Gasteiger partial charge < -0.3 is 9.64 Å². The Hall–Kier alpha value is -0.960. The minimum Gasteiger partial charge on any atom is -0.385 e. The van der Waals surface area contributed by atoms with Crippen molar-refractivity contribution < 1.29 is 17.9 Å². The van der Waals surface area contributed by atoms with E-state index in [-0.39, 0.29) is 10.8 Å². The van der Waals surface area contributed by atoms with E-state index in [2.05, 4.69) is 0 Å². The van der Waals surface area contributed by atoms with Gasteiger partial charge in [0.25, 0.3) is 5.91 Å². The number of amides is 1. The second-order valence-corrected chi connectivity index (χ2v) is 6.94. The summed E-state index contributed by atoms with van der Waals surface area (Å²) in [7, 11) is -0.503. The number of methoxy groups -OCH3 is 1. The molecule has 8 heteroatoms. The molecule has 0 radical (unpaired) electrons. The Morgan fingerprint density at radius 2 is 2.16 bits per heavy atom. The molecule has 19 heavy (non-hydrogen) atoms. The highest BCUT2D eigenvalue weighted by molar-refractivity contribution is 7.89. The van der Waals surface area contributed by atoms with Crippen LogP contribution in [-0.4, -0.2) is 46.5 Å². The largest absolute Gasteiger partial charge is 0.385 e. The van der Waals surface area contributed by atoms with Crippen LogP contribution in [0.5, 0.6) is 0 Å². The molecule has 0 aliphatic carbocycles. The van der Waals surface area contributed by atoms with Gasteiger partial charge in [0.1, 0.15) is 0 Å². The van der Waals surface area contributed by atoms with Crippen molar-refractivity contribution >= 4 is 27.3 Å². The lowest BCUT2D eigenvalue weighted by molar-refractivity contribution is 0.0784. The number of carbonyl (C=O) groups is 1. The summed E-state index contributed by atoms with van der Waals surface area (Å²) in [6, 6.07) is 1.34. The highest BCUT2D eigenvalue weighted by atomic mass is 32.2. The van der Waals surface area contributed by atoms with Crippen molar-refractivity contribution in [2.75, 3.05) is 27.3 Å². The molecule has 1 amide bonds. The van der Waals surface area contributed by atoms with Crippen LogP contribution < -0.4 is 5.14 Å². The average molecular weight is 306 g/mol. The number of aryl methyl sites for hydroxylation is 1. The van der Waals surface area contributed by atoms with Crippen molar-refractivity contribution in [3.05, 3.63) is 15.8 Å². The van der Waals surface area contributed by atoms with Gasteiger partial charge in [-0.25, -0.2) is 13.6 Å². The van der Waals surface area contributed by atoms with E-state index in [1.54, 1.807) is 21.1 Å². The Labute approximate surface area is 117 Å². The van der Waals surface area contributed by atoms with E-state index in [0.717, 1.165) is 17.8 Å². The van der Waals surface area contributed by atoms with E-state index < -0.39 is 10.0 Å². The molecule has 0 saturated heterocycles. The quantitative estimate of drug-likeness (QED) is 0.788. The van der Waals surface area contributed by atoms with Gasteiger partial charge >= 0.3 is 0 Å². The number of rotatable bonds is 6. The zero-order chi connectivity index (χ0) is 14.6. The molecule has 0 fully saturated rings. The molecule has 0 saturated carbocycles. The molecule has 1 aromatic heterocycles. The average Bonchev–Trinajstić information content (AvgIpc) is 2.70. The van der Waals surface area contributed by atoms with Crippen LogP contribution in [0.2, 0.25) is 0 Å². The van der Waals surface area contributed by atoms with E-state index in [1.807, 2.05) is 0 Å². The fourth-order valence-corrected chi connectivity index (χ4v) is 3.73. The number of thiophene rings is 1. The molecule has 108 valence electrons. The monoisotopic (exact) mass is 306 g/mol. The van der Waals surface area contributed by atoms with Gasteiger partial charge in [-0.1, -0.05) is 0 Å². The molecule has 1 rings (SSSR count). The molecule has 2 N–H and O–H groups in total. The predicted molar refractivity (Wildman–Crippen MR) is 73.9 cm³/mol. The van der Waals surface area contributed by atoms with E-state index in [1.165, 1.54) is 11.0 Å². The standard InChI is InChI=1S/C11H18N2O4S2/c1-8-10(19(12,15)16)7-9(18-8)11(14)13(2)5-4-6-17-3/h7H,4-6H2,1-3H3,(H2,12,15,16). The van der Waals surface area contributed by atoms with Gasteiger partial charge in [-0.2, -0.15) is 0 Å². The minimum atomic E-state index is -3.77. The lowest BCUT2D eigenvalue weighted by Gasteiger charge is -2.15. The van der Waals surface area contributed by atoms with Crippen LogP contribution >= 0.6 is 11.3 Å². The fraction of sp³-hybridized carbons (Fsp3) is 0.545. The second-order valence-electron chi connectivity index (χ2n) is 4.15. The normalized spacial score (nSPS) is 11.6. The van der Waals surface area contributed by atoms with E-state index >= 15 is 0 Å². The first kappa shape index (κ1) is 16.1. The summed E-state index contributed by atoms with van der Waals surface area (Å²) in [4.78, 5) is 14.6. The van der Waals surface area contributed by atoms with E-state index in [9.17, 15) is 13.2 Å². The van der Waals surface area contributed by atoms with Gasteiger partial charge in [0.2, 0.25) is 10.0 Å². The summed E-state index contributed by atoms with van der Waals surface area (Å²) in [5.74, 6) is -0.209. The van der Waals surface area contributed by atoms with Crippen LogP contribution in [0.15, 0.2) is 11.0 Å². The van der Waals surface area contributed by atoms with Gasteiger partial charge in [0.05, 0.1) is 9.77 Å². The number of primary sulfonamides is 1. The molecule has 0 bridgehead atoms. The molecule has 0 unspecified atom stereocenters. The van der Waals surface area contributed by atoms with Crippen LogP contribution in [0.3, 0.4) is 0 Å². The molecule has 0 atom stereocenters. The van der Waals surface area contributed by atoms with E-state index in [4.69, 9.17) is 9.88 Å². The second kappa shape index (κ2) is 6.47. The molecule has 6 nitrogen and oxygen atoms in total. The summed E-state index contributed by atoms with van der Waals surface area (Å²) in [6.45, 7) is 2.75. The van der Waals surface area contributed by atoms with Crippen LogP contribution in [0.1, 0.15) is 21.0 Å². The van der Waals surface area contributed by atoms with Crippen LogP contribution in [0.25, 0.3) is 0 Å². The predicted octanol–water partition coefficient (Wildman–Crippen LogP) is 0.812. The zero-order valence-corrected chi connectivity index (χ0v) is 12.8. The van der Waals surface area contributed by atoms with Gasteiger partial charge in [-0.05, 0) is 19.4 Å². The van der Waals surface area contributed by atoms with Crippen molar-refractivity contribution in [3.63, 3.8) is 0 Å². The summed E-state index contributed by atoms with van der Waals surface area (Å²) in [6.07, 6.45) is 0.727. The SMILES string of the molecule is COCCCN(C)C(=O)c1cc(S(N)(=O)=O)c(C)s1. The number of carbonyl (C=O) groups excluding carboxylic acids is 1. The third-order valence-corrected chi connectivity index (χ3v) is 4.78. The highest BCUT2D eigenvalue weighted by Gasteiger charge is 2.20. The molecule has 0 aliphatic rings. The molecular formula is C11H18N2O4S2. The van der Waals surface area contributed by atoms with Gasteiger partial charge in [-0.15, -0.1) is 11.3 Å². The van der Waals surface area contributed by atoms with Crippen LogP contribution in [-0.2, 0) is 14.8 Å². The van der Waals surface area contributed by atoms with Gasteiger partial charge in [-0.3, -0.25) is 4.79 Å². The van der Waals surface area contributed by atoms with Crippen molar-refractivity contribution in [2.45, 2.75) is 18.2 Å². The number of ether oxygens (including phenoxy) is 1. The van der Waals surface area contributed by atoms with Crippen molar-refractivity contribution in [1.82, 2.24) is 4.90 Å². The Morgan fingerprint density at radius 1 is 1.53 bits per heavy atom. The third-order valence-electron chi connectivity index (χ3n) is 2.58. The van der Waals surface area contributed by atoms with Crippen molar-refractivity contribution in [3.8, 4) is 0 Å². The number of nitrogens with zero attached hydrogens (tertiary/aromatic N) is 1.